The fourth-order valence-corrected chi connectivity index (χ4v) is 4.45. The summed E-state index contributed by atoms with van der Waals surface area (Å²) in [7, 11) is 0. The van der Waals surface area contributed by atoms with Crippen LogP contribution in [-0.2, 0) is 0 Å². The molecule has 18 heavy (non-hydrogen) atoms. The molecule has 0 amide bonds. The third kappa shape index (κ3) is 4.43. The van der Waals surface area contributed by atoms with Gasteiger partial charge in [0.1, 0.15) is 0 Å². The Bertz CT molecular complexity index is 266. The molecule has 3 heteroatoms. The molecule has 0 spiro atoms. The van der Waals surface area contributed by atoms with Crippen LogP contribution in [0.4, 0.5) is 0 Å². The number of hydrogen-bond acceptors (Lipinski definition) is 3. The van der Waals surface area contributed by atoms with E-state index < -0.39 is 0 Å². The monoisotopic (exact) mass is 270 g/mol. The van der Waals surface area contributed by atoms with Crippen LogP contribution in [0.15, 0.2) is 0 Å². The van der Waals surface area contributed by atoms with E-state index in [1.807, 2.05) is 0 Å². The molecule has 2 saturated heterocycles. The lowest BCUT2D eigenvalue weighted by atomic mass is 10.0. The Morgan fingerprint density at radius 3 is 2.78 bits per heavy atom. The zero-order chi connectivity index (χ0) is 13.2. The van der Waals surface area contributed by atoms with Gasteiger partial charge in [0.2, 0.25) is 0 Å². The largest absolute Gasteiger partial charge is 0.312 e. The molecule has 0 aliphatic carbocycles. The quantitative estimate of drug-likeness (QED) is 0.845. The van der Waals surface area contributed by atoms with E-state index in [0.717, 1.165) is 5.92 Å². The SMILES string of the molecule is CC(C)(C)NCC1CCN(CC2(C)CCCS2)C1. The van der Waals surface area contributed by atoms with E-state index in [1.165, 1.54) is 51.2 Å². The number of nitrogens with one attached hydrogen (secondary N) is 1. The smallest absolute Gasteiger partial charge is 0.0259 e. The molecule has 0 saturated carbocycles. The summed E-state index contributed by atoms with van der Waals surface area (Å²) in [6.07, 6.45) is 4.22. The molecule has 2 atom stereocenters. The molecule has 1 N–H and O–H groups in total. The lowest BCUT2D eigenvalue weighted by molar-refractivity contribution is 0.284. The van der Waals surface area contributed by atoms with Gasteiger partial charge in [0.15, 0.2) is 0 Å². The molecule has 0 aromatic carbocycles. The Labute approximate surface area is 117 Å². The van der Waals surface area contributed by atoms with E-state index in [2.05, 4.69) is 49.7 Å². The van der Waals surface area contributed by atoms with Gasteiger partial charge in [-0.05, 0) is 71.7 Å². The molecule has 2 rings (SSSR count). The molecule has 2 aliphatic heterocycles. The topological polar surface area (TPSA) is 15.3 Å². The van der Waals surface area contributed by atoms with Crippen LogP contribution < -0.4 is 5.32 Å². The summed E-state index contributed by atoms with van der Waals surface area (Å²) in [5.74, 6) is 2.23. The highest BCUT2D eigenvalue weighted by molar-refractivity contribution is 8.00. The summed E-state index contributed by atoms with van der Waals surface area (Å²) in [4.78, 5) is 2.70. The minimum atomic E-state index is 0.265. The Kier molecular flexibility index (Phi) is 4.66. The average molecular weight is 270 g/mol. The van der Waals surface area contributed by atoms with Gasteiger partial charge in [-0.25, -0.2) is 0 Å². The zero-order valence-corrected chi connectivity index (χ0v) is 13.4. The Hall–Kier alpha value is 0.270. The number of hydrogen-bond donors (Lipinski definition) is 1. The minimum Gasteiger partial charge on any atom is -0.312 e. The normalized spacial score (nSPS) is 34.3. The van der Waals surface area contributed by atoms with E-state index in [9.17, 15) is 0 Å². The first-order chi connectivity index (χ1) is 8.36. The predicted octanol–water partition coefficient (Wildman–Crippen LogP) is 2.98. The second kappa shape index (κ2) is 5.72. The van der Waals surface area contributed by atoms with Crippen molar-refractivity contribution in [2.24, 2.45) is 5.92 Å². The third-order valence-electron chi connectivity index (χ3n) is 4.15. The molecule has 2 heterocycles. The minimum absolute atomic E-state index is 0.265. The maximum Gasteiger partial charge on any atom is 0.0259 e. The summed E-state index contributed by atoms with van der Waals surface area (Å²) in [5, 5.41) is 3.66. The first-order valence-electron chi connectivity index (χ1n) is 7.48. The van der Waals surface area contributed by atoms with Gasteiger partial charge in [0.05, 0.1) is 0 Å². The van der Waals surface area contributed by atoms with Crippen molar-refractivity contribution in [2.45, 2.75) is 57.2 Å². The highest BCUT2D eigenvalue weighted by Gasteiger charge is 2.34. The van der Waals surface area contributed by atoms with Gasteiger partial charge in [-0.3, -0.25) is 0 Å². The van der Waals surface area contributed by atoms with E-state index in [1.54, 1.807) is 0 Å². The maximum atomic E-state index is 3.66. The number of rotatable bonds is 4. The van der Waals surface area contributed by atoms with Gasteiger partial charge < -0.3 is 10.2 Å². The van der Waals surface area contributed by atoms with Crippen molar-refractivity contribution >= 4 is 11.8 Å². The molecule has 2 fully saturated rings. The molecule has 0 radical (unpaired) electrons. The summed E-state index contributed by atoms with van der Waals surface area (Å²) < 4.78 is 0.548. The lowest BCUT2D eigenvalue weighted by Gasteiger charge is -2.29. The molecule has 2 unspecified atom stereocenters. The number of nitrogens with zero attached hydrogens (tertiary/aromatic N) is 1. The Morgan fingerprint density at radius 2 is 2.17 bits per heavy atom. The van der Waals surface area contributed by atoms with Gasteiger partial charge in [0.25, 0.3) is 0 Å². The van der Waals surface area contributed by atoms with Crippen molar-refractivity contribution in [3.8, 4) is 0 Å². The number of likely N-dealkylation sites (tertiary alicyclic amines) is 1. The van der Waals surface area contributed by atoms with Gasteiger partial charge in [-0.1, -0.05) is 0 Å². The fourth-order valence-electron chi connectivity index (χ4n) is 3.11. The first-order valence-corrected chi connectivity index (χ1v) is 8.46. The van der Waals surface area contributed by atoms with Crippen LogP contribution in [0.1, 0.15) is 47.0 Å². The summed E-state index contributed by atoms with van der Waals surface area (Å²) >= 11 is 2.19. The summed E-state index contributed by atoms with van der Waals surface area (Å²) in [6.45, 7) is 14.4. The van der Waals surface area contributed by atoms with Crippen molar-refractivity contribution in [3.63, 3.8) is 0 Å². The van der Waals surface area contributed by atoms with Crippen LogP contribution >= 0.6 is 11.8 Å². The van der Waals surface area contributed by atoms with Crippen LogP contribution in [0.2, 0.25) is 0 Å². The van der Waals surface area contributed by atoms with Crippen molar-refractivity contribution in [2.75, 3.05) is 31.9 Å². The first kappa shape index (κ1) is 14.7. The average Bonchev–Trinajstić information content (AvgIpc) is 2.84. The van der Waals surface area contributed by atoms with Crippen LogP contribution in [0.5, 0.6) is 0 Å². The predicted molar refractivity (Wildman–Crippen MR) is 82.4 cm³/mol. The van der Waals surface area contributed by atoms with Crippen LogP contribution in [0.3, 0.4) is 0 Å². The van der Waals surface area contributed by atoms with Crippen LogP contribution in [0, 0.1) is 5.92 Å². The highest BCUT2D eigenvalue weighted by Crippen LogP contribution is 2.39. The van der Waals surface area contributed by atoms with E-state index in [-0.39, 0.29) is 5.54 Å². The van der Waals surface area contributed by atoms with Gasteiger partial charge in [-0.15, -0.1) is 0 Å². The van der Waals surface area contributed by atoms with E-state index in [4.69, 9.17) is 0 Å². The number of thioether (sulfide) groups is 1. The molecule has 106 valence electrons. The Morgan fingerprint density at radius 1 is 1.39 bits per heavy atom. The van der Waals surface area contributed by atoms with Crippen LogP contribution in [0.25, 0.3) is 0 Å². The second-order valence-electron chi connectivity index (χ2n) is 7.42. The van der Waals surface area contributed by atoms with Crippen molar-refractivity contribution in [1.82, 2.24) is 10.2 Å². The highest BCUT2D eigenvalue weighted by atomic mass is 32.2. The Balaban J connectivity index is 1.71. The summed E-state index contributed by atoms with van der Waals surface area (Å²) in [6, 6.07) is 0. The molecular formula is C15H30N2S. The summed E-state index contributed by atoms with van der Waals surface area (Å²) in [5.41, 5.74) is 0.265. The third-order valence-corrected chi connectivity index (χ3v) is 5.67. The van der Waals surface area contributed by atoms with Gasteiger partial charge in [0, 0.05) is 23.4 Å². The molecule has 2 aliphatic rings. The molecule has 0 bridgehead atoms. The molecule has 0 aromatic heterocycles. The van der Waals surface area contributed by atoms with Gasteiger partial charge in [-0.2, -0.15) is 11.8 Å². The van der Waals surface area contributed by atoms with Gasteiger partial charge >= 0.3 is 0 Å². The lowest BCUT2D eigenvalue weighted by Crippen LogP contribution is -2.40. The molecule has 2 nitrogen and oxygen atoms in total. The van der Waals surface area contributed by atoms with E-state index >= 15 is 0 Å². The fraction of sp³-hybridized carbons (Fsp3) is 1.00. The van der Waals surface area contributed by atoms with Crippen LogP contribution in [-0.4, -0.2) is 47.1 Å². The second-order valence-corrected chi connectivity index (χ2v) is 9.11. The standard InChI is InChI=1S/C15H30N2S/c1-14(2,3)16-10-13-6-8-17(11-13)12-15(4)7-5-9-18-15/h13,16H,5-12H2,1-4H3. The zero-order valence-electron chi connectivity index (χ0n) is 12.6. The maximum absolute atomic E-state index is 3.66. The van der Waals surface area contributed by atoms with Crippen molar-refractivity contribution in [1.29, 1.82) is 0 Å². The molecule has 0 aromatic rings. The van der Waals surface area contributed by atoms with Crippen molar-refractivity contribution < 1.29 is 0 Å². The van der Waals surface area contributed by atoms with Crippen molar-refractivity contribution in [3.05, 3.63) is 0 Å². The molecular weight excluding hydrogens is 240 g/mol. The van der Waals surface area contributed by atoms with E-state index in [0.29, 0.717) is 4.75 Å².